The van der Waals surface area contributed by atoms with E-state index in [4.69, 9.17) is 4.42 Å². The molecule has 1 fully saturated rings. The van der Waals surface area contributed by atoms with Gasteiger partial charge in [-0.1, -0.05) is 62.9 Å². The lowest BCUT2D eigenvalue weighted by atomic mass is 9.87. The largest absolute Gasteiger partial charge is 0.449 e. The zero-order chi connectivity index (χ0) is 23.8. The third-order valence-electron chi connectivity index (χ3n) is 5.01. The maximum atomic E-state index is 13.1. The Kier molecular flexibility index (Phi) is 6.32. The molecular formula is C25H21BrN2O4S. The van der Waals surface area contributed by atoms with Crippen molar-refractivity contribution in [2.75, 3.05) is 4.90 Å². The Morgan fingerprint density at radius 2 is 1.67 bits per heavy atom. The van der Waals surface area contributed by atoms with Gasteiger partial charge in [-0.05, 0) is 63.3 Å². The predicted molar refractivity (Wildman–Crippen MR) is 131 cm³/mol. The van der Waals surface area contributed by atoms with Gasteiger partial charge >= 0.3 is 6.03 Å². The van der Waals surface area contributed by atoms with Crippen LogP contribution in [0.1, 0.15) is 32.1 Å². The molecule has 4 amide bonds. The molecule has 8 heteroatoms. The van der Waals surface area contributed by atoms with E-state index in [1.54, 1.807) is 18.2 Å². The van der Waals surface area contributed by atoms with E-state index in [0.29, 0.717) is 21.0 Å². The number of hydrogen-bond donors (Lipinski definition) is 1. The summed E-state index contributed by atoms with van der Waals surface area (Å²) in [5.74, 6) is -1.16. The molecule has 33 heavy (non-hydrogen) atoms. The van der Waals surface area contributed by atoms with E-state index in [2.05, 4.69) is 42.0 Å². The highest BCUT2D eigenvalue weighted by atomic mass is 79.9. The van der Waals surface area contributed by atoms with Crippen molar-refractivity contribution in [3.8, 4) is 0 Å². The van der Waals surface area contributed by atoms with Crippen molar-refractivity contribution < 1.29 is 18.8 Å². The summed E-state index contributed by atoms with van der Waals surface area (Å²) in [6.07, 6.45) is 1.35. The molecular weight excluding hydrogens is 504 g/mol. The number of nitrogens with zero attached hydrogens (tertiary/aromatic N) is 1. The van der Waals surface area contributed by atoms with Gasteiger partial charge < -0.3 is 4.42 Å². The number of benzene rings is 2. The summed E-state index contributed by atoms with van der Waals surface area (Å²) in [6.45, 7) is 6.23. The number of carbonyl (C=O) groups excluding carboxylic acids is 3. The predicted octanol–water partition coefficient (Wildman–Crippen LogP) is 6.16. The molecule has 6 nitrogen and oxygen atoms in total. The van der Waals surface area contributed by atoms with Crippen molar-refractivity contribution in [2.45, 2.75) is 36.2 Å². The van der Waals surface area contributed by atoms with Crippen molar-refractivity contribution in [3.05, 3.63) is 82.0 Å². The minimum atomic E-state index is -0.786. The number of amides is 4. The molecule has 1 aromatic heterocycles. The second-order valence-corrected chi connectivity index (χ2v) is 10.4. The minimum absolute atomic E-state index is 0.0735. The Morgan fingerprint density at radius 3 is 2.30 bits per heavy atom. The van der Waals surface area contributed by atoms with Crippen LogP contribution in [0.2, 0.25) is 0 Å². The second kappa shape index (κ2) is 9.03. The summed E-state index contributed by atoms with van der Waals surface area (Å²) in [5, 5.41) is 2.82. The highest BCUT2D eigenvalue weighted by Gasteiger charge is 2.37. The summed E-state index contributed by atoms with van der Waals surface area (Å²) in [5.41, 5.74) is 1.18. The number of anilines is 1. The van der Waals surface area contributed by atoms with E-state index in [-0.39, 0.29) is 11.0 Å². The molecule has 2 aromatic carbocycles. The standard InChI is InChI=1S/C25H21BrN2O4S/c1-25(2,3)15-9-11-16(12-10-15)28-22(30)19(21(29)27-24(28)31)13-17-14-20(26)23(32-17)33-18-7-5-4-6-8-18/h4-14H,1-3H3,(H,27,29,31)/b19-13+. The molecule has 4 rings (SSSR count). The molecule has 0 bridgehead atoms. The molecule has 0 saturated carbocycles. The van der Waals surface area contributed by atoms with Crippen LogP contribution in [-0.2, 0) is 15.0 Å². The molecule has 0 spiro atoms. The average Bonchev–Trinajstić information content (AvgIpc) is 3.10. The molecule has 1 N–H and O–H groups in total. The molecule has 0 unspecified atom stereocenters. The summed E-state index contributed by atoms with van der Waals surface area (Å²) >= 11 is 4.86. The van der Waals surface area contributed by atoms with Gasteiger partial charge in [0.2, 0.25) is 0 Å². The van der Waals surface area contributed by atoms with Gasteiger partial charge in [0.15, 0.2) is 5.09 Å². The topological polar surface area (TPSA) is 79.6 Å². The van der Waals surface area contributed by atoms with Gasteiger partial charge in [0.05, 0.1) is 10.2 Å². The molecule has 1 aliphatic heterocycles. The smallest absolute Gasteiger partial charge is 0.335 e. The van der Waals surface area contributed by atoms with E-state index in [1.165, 1.54) is 17.8 Å². The molecule has 168 valence electrons. The highest BCUT2D eigenvalue weighted by molar-refractivity contribution is 9.10. The van der Waals surface area contributed by atoms with Crippen molar-refractivity contribution >= 4 is 57.3 Å². The van der Waals surface area contributed by atoms with Crippen LogP contribution in [0.15, 0.2) is 85.1 Å². The zero-order valence-corrected chi connectivity index (χ0v) is 20.6. The third-order valence-corrected chi connectivity index (χ3v) is 6.86. The summed E-state index contributed by atoms with van der Waals surface area (Å²) in [6, 6.07) is 17.7. The summed E-state index contributed by atoms with van der Waals surface area (Å²) < 4.78 is 6.53. The normalized spacial score (nSPS) is 15.8. The van der Waals surface area contributed by atoms with Gasteiger partial charge in [-0.25, -0.2) is 9.69 Å². The lowest BCUT2D eigenvalue weighted by Crippen LogP contribution is -2.54. The van der Waals surface area contributed by atoms with E-state index >= 15 is 0 Å². The van der Waals surface area contributed by atoms with Crippen LogP contribution < -0.4 is 10.2 Å². The first-order valence-electron chi connectivity index (χ1n) is 10.2. The Hall–Kier alpha value is -3.10. The van der Waals surface area contributed by atoms with Gasteiger partial charge in [0.25, 0.3) is 11.8 Å². The van der Waals surface area contributed by atoms with Crippen LogP contribution in [0.25, 0.3) is 6.08 Å². The summed E-state index contributed by atoms with van der Waals surface area (Å²) in [7, 11) is 0. The second-order valence-electron chi connectivity index (χ2n) is 8.45. The Balaban J connectivity index is 1.63. The van der Waals surface area contributed by atoms with Crippen molar-refractivity contribution in [1.29, 1.82) is 0 Å². The first kappa shape index (κ1) is 23.1. The van der Waals surface area contributed by atoms with Crippen molar-refractivity contribution in [3.63, 3.8) is 0 Å². The van der Waals surface area contributed by atoms with Crippen LogP contribution in [0.4, 0.5) is 10.5 Å². The quantitative estimate of drug-likeness (QED) is 0.326. The van der Waals surface area contributed by atoms with E-state index < -0.39 is 17.8 Å². The van der Waals surface area contributed by atoms with Gasteiger partial charge in [0, 0.05) is 4.90 Å². The first-order valence-corrected chi connectivity index (χ1v) is 11.8. The van der Waals surface area contributed by atoms with Gasteiger partial charge in [-0.15, -0.1) is 0 Å². The van der Waals surface area contributed by atoms with E-state index in [0.717, 1.165) is 15.4 Å². The molecule has 0 atom stereocenters. The Labute approximate surface area is 204 Å². The maximum Gasteiger partial charge on any atom is 0.335 e. The number of halogens is 1. The number of rotatable bonds is 4. The lowest BCUT2D eigenvalue weighted by Gasteiger charge is -2.27. The monoisotopic (exact) mass is 524 g/mol. The number of furan rings is 1. The average molecular weight is 525 g/mol. The van der Waals surface area contributed by atoms with E-state index in [9.17, 15) is 14.4 Å². The van der Waals surface area contributed by atoms with Gasteiger partial charge in [0.1, 0.15) is 11.3 Å². The van der Waals surface area contributed by atoms with Crippen LogP contribution in [-0.4, -0.2) is 17.8 Å². The molecule has 3 aromatic rings. The SMILES string of the molecule is CC(C)(C)c1ccc(N2C(=O)NC(=O)/C(=C\c3cc(Br)c(Sc4ccccc4)o3)C2=O)cc1. The number of nitrogens with one attached hydrogen (secondary N) is 1. The third kappa shape index (κ3) is 4.96. The molecule has 1 saturated heterocycles. The number of carbonyl (C=O) groups is 3. The molecule has 2 heterocycles. The first-order chi connectivity index (χ1) is 15.6. The highest BCUT2D eigenvalue weighted by Crippen LogP contribution is 2.36. The Morgan fingerprint density at radius 1 is 1.00 bits per heavy atom. The summed E-state index contributed by atoms with van der Waals surface area (Å²) in [4.78, 5) is 40.0. The zero-order valence-electron chi connectivity index (χ0n) is 18.2. The van der Waals surface area contributed by atoms with Crippen LogP contribution in [0.3, 0.4) is 0 Å². The molecule has 0 aliphatic carbocycles. The van der Waals surface area contributed by atoms with Crippen molar-refractivity contribution in [2.24, 2.45) is 0 Å². The maximum absolute atomic E-state index is 13.1. The fourth-order valence-corrected chi connectivity index (χ4v) is 4.60. The number of imide groups is 2. The van der Waals surface area contributed by atoms with Crippen LogP contribution >= 0.6 is 27.7 Å². The van der Waals surface area contributed by atoms with Gasteiger partial charge in [-0.2, -0.15) is 0 Å². The van der Waals surface area contributed by atoms with Crippen molar-refractivity contribution in [1.82, 2.24) is 5.32 Å². The fourth-order valence-electron chi connectivity index (χ4n) is 3.25. The Bertz CT molecular complexity index is 1260. The number of barbiturate groups is 1. The van der Waals surface area contributed by atoms with Gasteiger partial charge in [-0.3, -0.25) is 14.9 Å². The number of urea groups is 1. The number of hydrogen-bond acceptors (Lipinski definition) is 5. The minimum Gasteiger partial charge on any atom is -0.449 e. The van der Waals surface area contributed by atoms with Crippen LogP contribution in [0.5, 0.6) is 0 Å². The van der Waals surface area contributed by atoms with Crippen LogP contribution in [0, 0.1) is 0 Å². The lowest BCUT2D eigenvalue weighted by molar-refractivity contribution is -0.122. The molecule has 1 aliphatic rings. The van der Waals surface area contributed by atoms with E-state index in [1.807, 2.05) is 42.5 Å². The fraction of sp³-hybridized carbons (Fsp3) is 0.160. The molecule has 0 radical (unpaired) electrons.